The van der Waals surface area contributed by atoms with Crippen molar-refractivity contribution in [1.29, 1.82) is 0 Å². The van der Waals surface area contributed by atoms with E-state index in [1.165, 1.54) is 26.4 Å². The topological polar surface area (TPSA) is 115 Å². The molecule has 0 unspecified atom stereocenters. The molecule has 0 radical (unpaired) electrons. The van der Waals surface area contributed by atoms with Crippen LogP contribution in [0, 0.1) is 6.92 Å². The van der Waals surface area contributed by atoms with E-state index in [4.69, 9.17) is 9.15 Å². The molecule has 8 nitrogen and oxygen atoms in total. The number of ether oxygens (including phenoxy) is 2. The number of esters is 1. The van der Waals surface area contributed by atoms with Gasteiger partial charge in [0.1, 0.15) is 16.9 Å². The summed E-state index contributed by atoms with van der Waals surface area (Å²) >= 11 is 0. The number of rotatable bonds is 4. The zero-order valence-corrected chi connectivity index (χ0v) is 15.1. The first-order valence-electron chi connectivity index (χ1n) is 5.61. The Morgan fingerprint density at radius 2 is 1.86 bits per heavy atom. The third kappa shape index (κ3) is 3.73. The van der Waals surface area contributed by atoms with Gasteiger partial charge in [-0.1, -0.05) is 0 Å². The van der Waals surface area contributed by atoms with Crippen molar-refractivity contribution >= 4 is 27.3 Å². The van der Waals surface area contributed by atoms with E-state index in [0.717, 1.165) is 0 Å². The zero-order chi connectivity index (χ0) is 15.8. The molecule has 0 saturated carbocycles. The van der Waals surface area contributed by atoms with Crippen molar-refractivity contribution in [2.75, 3.05) is 14.2 Å². The molecule has 0 spiro atoms. The molecule has 2 aromatic rings. The normalized spacial score (nSPS) is 10.9. The van der Waals surface area contributed by atoms with E-state index >= 15 is 0 Å². The molecule has 114 valence electrons. The molecule has 0 bridgehead atoms. The number of fused-ring (bicyclic) bond motifs is 1. The summed E-state index contributed by atoms with van der Waals surface area (Å²) in [5.74, 6) is -0.744. The Balaban J connectivity index is 0.00000242. The molecular weight excluding hydrogens is 327 g/mol. The molecule has 2 rings (SSSR count). The van der Waals surface area contributed by atoms with Gasteiger partial charge in [-0.2, -0.15) is 0 Å². The minimum Gasteiger partial charge on any atom is -0.716 e. The molecule has 1 heterocycles. The van der Waals surface area contributed by atoms with Gasteiger partial charge in [0, 0.05) is 11.5 Å². The van der Waals surface area contributed by atoms with Crippen LogP contribution in [0.2, 0.25) is 0 Å². The molecule has 10 heteroatoms. The molecule has 1 aromatic carbocycles. The number of furan rings is 1. The quantitative estimate of drug-likeness (QED) is 0.283. The van der Waals surface area contributed by atoms with Crippen LogP contribution in [0.15, 0.2) is 16.5 Å². The third-order valence-corrected chi connectivity index (χ3v) is 3.12. The molecule has 0 N–H and O–H groups in total. The largest absolute Gasteiger partial charge is 1.00 e. The van der Waals surface area contributed by atoms with Crippen molar-refractivity contribution in [2.45, 2.75) is 6.92 Å². The molecule has 0 amide bonds. The number of methoxy groups -OCH3 is 2. The Labute approximate surface area is 148 Å². The first kappa shape index (κ1) is 18.8. The van der Waals surface area contributed by atoms with Crippen molar-refractivity contribution < 1.29 is 65.4 Å². The molecule has 22 heavy (non-hydrogen) atoms. The molecule has 0 aliphatic heterocycles. The van der Waals surface area contributed by atoms with Crippen LogP contribution < -0.4 is 38.5 Å². The second-order valence-electron chi connectivity index (χ2n) is 4.02. The third-order valence-electron chi connectivity index (χ3n) is 2.73. The first-order chi connectivity index (χ1) is 9.76. The van der Waals surface area contributed by atoms with Gasteiger partial charge in [-0.15, -0.1) is 0 Å². The Bertz CT molecular complexity index is 808. The van der Waals surface area contributed by atoms with Crippen LogP contribution in [0.1, 0.15) is 16.1 Å². The van der Waals surface area contributed by atoms with Gasteiger partial charge in [-0.05, 0) is 13.0 Å². The molecule has 0 saturated heterocycles. The minimum atomic E-state index is -4.99. The second-order valence-corrected chi connectivity index (χ2v) is 5.00. The Hall–Kier alpha value is -1.26. The van der Waals surface area contributed by atoms with Gasteiger partial charge in [-0.25, -0.2) is 13.2 Å². The maximum atomic E-state index is 11.7. The van der Waals surface area contributed by atoms with Crippen LogP contribution in [-0.4, -0.2) is 33.2 Å². The smallest absolute Gasteiger partial charge is 0.716 e. The van der Waals surface area contributed by atoms with Crippen LogP contribution >= 0.6 is 0 Å². The SMILES string of the molecule is COC(=O)c1c(C)oc2cc(OC)c(OS(=O)(=O)[O-])cc12.[Na+]. The van der Waals surface area contributed by atoms with Gasteiger partial charge < -0.3 is 22.6 Å². The predicted octanol–water partition coefficient (Wildman–Crippen LogP) is -1.62. The van der Waals surface area contributed by atoms with Crippen LogP contribution in [-0.2, 0) is 15.1 Å². The summed E-state index contributed by atoms with van der Waals surface area (Å²) in [6, 6.07) is 2.49. The maximum absolute atomic E-state index is 11.7. The van der Waals surface area contributed by atoms with E-state index < -0.39 is 16.4 Å². The van der Waals surface area contributed by atoms with Crippen LogP contribution in [0.3, 0.4) is 0 Å². The molecule has 1 aromatic heterocycles. The standard InChI is InChI=1S/C12H12O8S.Na/c1-6-11(12(13)18-3)7-4-10(20-21(14,15)16)9(17-2)5-8(7)19-6;/h4-5H,1-3H3,(H,14,15,16);/q;+1/p-1. The molecule has 0 fully saturated rings. The predicted molar refractivity (Wildman–Crippen MR) is 69.2 cm³/mol. The summed E-state index contributed by atoms with van der Waals surface area (Å²) in [6.45, 7) is 1.55. The minimum absolute atomic E-state index is 0. The number of aryl methyl sites for hydroxylation is 1. The molecule has 0 atom stereocenters. The van der Waals surface area contributed by atoms with Crippen molar-refractivity contribution in [3.05, 3.63) is 23.5 Å². The summed E-state index contributed by atoms with van der Waals surface area (Å²) < 4.78 is 51.5. The molecule has 0 aliphatic carbocycles. The van der Waals surface area contributed by atoms with Gasteiger partial charge in [0.15, 0.2) is 11.5 Å². The van der Waals surface area contributed by atoms with Gasteiger partial charge in [0.05, 0.1) is 14.2 Å². The summed E-state index contributed by atoms with van der Waals surface area (Å²) in [7, 11) is -2.52. The van der Waals surface area contributed by atoms with E-state index in [-0.39, 0.29) is 63.3 Å². The number of hydrogen-bond donors (Lipinski definition) is 0. The van der Waals surface area contributed by atoms with Crippen LogP contribution in [0.25, 0.3) is 11.0 Å². The monoisotopic (exact) mass is 338 g/mol. The summed E-state index contributed by atoms with van der Waals surface area (Å²) in [5.41, 5.74) is 0.378. The second kappa shape index (κ2) is 6.88. The van der Waals surface area contributed by atoms with Gasteiger partial charge in [0.2, 0.25) is 0 Å². The van der Waals surface area contributed by atoms with E-state index in [1.54, 1.807) is 6.92 Å². The number of carbonyl (C=O) groups is 1. The van der Waals surface area contributed by atoms with Gasteiger partial charge in [-0.3, -0.25) is 0 Å². The van der Waals surface area contributed by atoms with Gasteiger partial charge in [0.25, 0.3) is 10.4 Å². The molecular formula is C12H11NaO8S. The first-order valence-corrected chi connectivity index (χ1v) is 6.95. The van der Waals surface area contributed by atoms with E-state index in [9.17, 15) is 17.8 Å². The fourth-order valence-electron chi connectivity index (χ4n) is 1.92. The van der Waals surface area contributed by atoms with Crippen molar-refractivity contribution in [3.63, 3.8) is 0 Å². The maximum Gasteiger partial charge on any atom is 1.00 e. The van der Waals surface area contributed by atoms with E-state index in [0.29, 0.717) is 0 Å². The molecule has 0 aliphatic rings. The average Bonchev–Trinajstić information content (AvgIpc) is 2.70. The number of carbonyl (C=O) groups excluding carboxylic acids is 1. The number of benzene rings is 1. The summed E-state index contributed by atoms with van der Waals surface area (Å²) in [6.07, 6.45) is 0. The summed E-state index contributed by atoms with van der Waals surface area (Å²) in [5, 5.41) is 0.249. The average molecular weight is 338 g/mol. The Kier molecular flexibility index (Phi) is 5.88. The summed E-state index contributed by atoms with van der Waals surface area (Å²) in [4.78, 5) is 11.7. The van der Waals surface area contributed by atoms with Crippen molar-refractivity contribution in [2.24, 2.45) is 0 Å². The van der Waals surface area contributed by atoms with Gasteiger partial charge >= 0.3 is 35.5 Å². The fraction of sp³-hybridized carbons (Fsp3) is 0.250. The Morgan fingerprint density at radius 3 is 2.36 bits per heavy atom. The van der Waals surface area contributed by atoms with Crippen LogP contribution in [0.4, 0.5) is 0 Å². The van der Waals surface area contributed by atoms with Crippen LogP contribution in [0.5, 0.6) is 11.5 Å². The zero-order valence-electron chi connectivity index (χ0n) is 12.3. The Morgan fingerprint density at radius 1 is 1.23 bits per heavy atom. The van der Waals surface area contributed by atoms with Crippen molar-refractivity contribution in [1.82, 2.24) is 0 Å². The van der Waals surface area contributed by atoms with E-state index in [2.05, 4.69) is 8.92 Å². The fourth-order valence-corrected chi connectivity index (χ4v) is 2.27. The van der Waals surface area contributed by atoms with Crippen molar-refractivity contribution in [3.8, 4) is 11.5 Å². The van der Waals surface area contributed by atoms with E-state index in [1.807, 2.05) is 0 Å². The number of hydrogen-bond acceptors (Lipinski definition) is 8.